The molecule has 2 aliphatic rings. The second-order valence-corrected chi connectivity index (χ2v) is 9.32. The van der Waals surface area contributed by atoms with Crippen molar-refractivity contribution in [1.82, 2.24) is 14.8 Å². The smallest absolute Gasteiger partial charge is 0.250 e. The highest BCUT2D eigenvalue weighted by atomic mass is 16.5. The Morgan fingerprint density at radius 3 is 2.75 bits per heavy atom. The largest absolute Gasteiger partial charge is 0.384 e. The van der Waals surface area contributed by atoms with Crippen LogP contribution in [-0.4, -0.2) is 48.2 Å². The Morgan fingerprint density at radius 1 is 1.22 bits per heavy atom. The van der Waals surface area contributed by atoms with E-state index in [1.165, 1.54) is 16.7 Å². The summed E-state index contributed by atoms with van der Waals surface area (Å²) < 4.78 is 6.82. The van der Waals surface area contributed by atoms with E-state index in [-0.39, 0.29) is 23.3 Å². The highest BCUT2D eigenvalue weighted by molar-refractivity contribution is 5.81. The minimum atomic E-state index is -0.145. The second kappa shape index (κ2) is 10.0. The first-order valence-electron chi connectivity index (χ1n) is 11.7. The monoisotopic (exact) mass is 437 g/mol. The molecule has 2 aromatic rings. The van der Waals surface area contributed by atoms with E-state index in [1.54, 1.807) is 24.8 Å². The number of hydrogen-bond donors (Lipinski definition) is 1. The summed E-state index contributed by atoms with van der Waals surface area (Å²) in [5.74, 6) is 0.147. The van der Waals surface area contributed by atoms with E-state index in [4.69, 9.17) is 4.74 Å². The first-order valence-corrected chi connectivity index (χ1v) is 11.7. The normalized spacial score (nSPS) is 20.8. The summed E-state index contributed by atoms with van der Waals surface area (Å²) in [4.78, 5) is 28.2. The molecule has 4 rings (SSSR count). The van der Waals surface area contributed by atoms with Crippen molar-refractivity contribution in [3.05, 3.63) is 69.1 Å². The molecular weight excluding hydrogens is 402 g/mol. The van der Waals surface area contributed by atoms with Crippen molar-refractivity contribution >= 4 is 5.91 Å². The zero-order chi connectivity index (χ0) is 22.7. The molecule has 1 aromatic heterocycles. The number of piperidine rings is 1. The molecule has 32 heavy (non-hydrogen) atoms. The van der Waals surface area contributed by atoms with Crippen molar-refractivity contribution in [2.75, 3.05) is 26.8 Å². The molecule has 6 nitrogen and oxygen atoms in total. The van der Waals surface area contributed by atoms with Gasteiger partial charge in [0, 0.05) is 45.6 Å². The van der Waals surface area contributed by atoms with E-state index < -0.39 is 0 Å². The molecule has 0 radical (unpaired) electrons. The standard InChI is InChI=1S/C26H35N3O3/c1-18-4-5-19(10-13-32-3)14-21(18)17-29(22-6-7-22)26(31)24-16-27-11-8-23(24)20-9-12-28(2)25(30)15-20/h4-5,9,12,14-15,22-24,27H,6-8,10-11,13,16-17H2,1-3H3/t23-,24+/m1/s1. The van der Waals surface area contributed by atoms with Gasteiger partial charge in [0.15, 0.2) is 0 Å². The summed E-state index contributed by atoms with van der Waals surface area (Å²) in [5.41, 5.74) is 4.64. The van der Waals surface area contributed by atoms with Gasteiger partial charge in [-0.3, -0.25) is 9.59 Å². The summed E-state index contributed by atoms with van der Waals surface area (Å²) in [6.45, 7) is 4.99. The molecule has 2 atom stereocenters. The highest BCUT2D eigenvalue weighted by Gasteiger charge is 2.40. The number of benzene rings is 1. The average molecular weight is 438 g/mol. The summed E-state index contributed by atoms with van der Waals surface area (Å²) >= 11 is 0. The zero-order valence-corrected chi connectivity index (χ0v) is 19.5. The third kappa shape index (κ3) is 5.13. The van der Waals surface area contributed by atoms with Crippen LogP contribution in [0.5, 0.6) is 0 Å². The fraction of sp³-hybridized carbons (Fsp3) is 0.538. The highest BCUT2D eigenvalue weighted by Crippen LogP contribution is 2.36. The van der Waals surface area contributed by atoms with E-state index in [1.807, 2.05) is 12.3 Å². The Bertz CT molecular complexity index is 1010. The molecule has 1 aliphatic heterocycles. The minimum Gasteiger partial charge on any atom is -0.384 e. The van der Waals surface area contributed by atoms with Crippen LogP contribution in [0.2, 0.25) is 0 Å². The molecule has 6 heteroatoms. The van der Waals surface area contributed by atoms with Gasteiger partial charge in [0.25, 0.3) is 5.56 Å². The van der Waals surface area contributed by atoms with Crippen molar-refractivity contribution in [2.45, 2.75) is 51.1 Å². The van der Waals surface area contributed by atoms with Crippen LogP contribution in [0.3, 0.4) is 0 Å². The van der Waals surface area contributed by atoms with Crippen LogP contribution in [0.15, 0.2) is 41.3 Å². The number of nitrogens with zero attached hydrogens (tertiary/aromatic N) is 2. The summed E-state index contributed by atoms with van der Waals surface area (Å²) in [6.07, 6.45) is 5.71. The Hall–Kier alpha value is -2.44. The Kier molecular flexibility index (Phi) is 7.11. The molecule has 172 valence electrons. The number of hydrogen-bond acceptors (Lipinski definition) is 4. The number of ether oxygens (including phenoxy) is 1. The number of rotatable bonds is 8. The lowest BCUT2D eigenvalue weighted by Crippen LogP contribution is -2.47. The molecule has 1 N–H and O–H groups in total. The minimum absolute atomic E-state index is 0.0187. The van der Waals surface area contributed by atoms with Crippen LogP contribution in [0, 0.1) is 12.8 Å². The number of nitrogens with one attached hydrogen (secondary N) is 1. The molecule has 0 unspecified atom stereocenters. The van der Waals surface area contributed by atoms with Gasteiger partial charge < -0.3 is 19.5 Å². The van der Waals surface area contributed by atoms with E-state index >= 15 is 0 Å². The van der Waals surface area contributed by atoms with Crippen LogP contribution in [-0.2, 0) is 29.5 Å². The Balaban J connectivity index is 1.57. The third-order valence-corrected chi connectivity index (χ3v) is 6.98. The van der Waals surface area contributed by atoms with Crippen molar-refractivity contribution in [1.29, 1.82) is 0 Å². The zero-order valence-electron chi connectivity index (χ0n) is 19.5. The Morgan fingerprint density at radius 2 is 2.03 bits per heavy atom. The van der Waals surface area contributed by atoms with Gasteiger partial charge >= 0.3 is 0 Å². The lowest BCUT2D eigenvalue weighted by atomic mass is 9.80. The fourth-order valence-corrected chi connectivity index (χ4v) is 4.75. The number of pyridine rings is 1. The lowest BCUT2D eigenvalue weighted by molar-refractivity contribution is -0.138. The number of aromatic nitrogens is 1. The van der Waals surface area contributed by atoms with E-state index in [0.29, 0.717) is 25.7 Å². The first-order chi connectivity index (χ1) is 15.5. The molecule has 0 spiro atoms. The Labute approximate surface area is 190 Å². The molecule has 1 saturated carbocycles. The average Bonchev–Trinajstić information content (AvgIpc) is 3.64. The predicted molar refractivity (Wildman–Crippen MR) is 126 cm³/mol. The SMILES string of the molecule is COCCc1ccc(C)c(CN(C(=O)[C@H]2CNCC[C@@H]2c2ccn(C)c(=O)c2)C2CC2)c1. The summed E-state index contributed by atoms with van der Waals surface area (Å²) in [6, 6.07) is 10.6. The van der Waals surface area contributed by atoms with Gasteiger partial charge in [-0.2, -0.15) is 0 Å². The van der Waals surface area contributed by atoms with E-state index in [9.17, 15) is 9.59 Å². The third-order valence-electron chi connectivity index (χ3n) is 6.98. The van der Waals surface area contributed by atoms with Gasteiger partial charge in [-0.1, -0.05) is 18.2 Å². The van der Waals surface area contributed by atoms with Gasteiger partial charge in [0.1, 0.15) is 0 Å². The molecule has 2 fully saturated rings. The molecule has 1 aliphatic carbocycles. The number of carbonyl (C=O) groups is 1. The maximum atomic E-state index is 13.9. The molecule has 1 aromatic carbocycles. The molecule has 1 saturated heterocycles. The lowest BCUT2D eigenvalue weighted by Gasteiger charge is -2.36. The molecular formula is C26H35N3O3. The van der Waals surface area contributed by atoms with E-state index in [0.717, 1.165) is 37.8 Å². The second-order valence-electron chi connectivity index (χ2n) is 9.32. The number of amides is 1. The molecule has 2 heterocycles. The van der Waals surface area contributed by atoms with Crippen LogP contribution < -0.4 is 10.9 Å². The van der Waals surface area contributed by atoms with Gasteiger partial charge in [-0.05, 0) is 73.4 Å². The van der Waals surface area contributed by atoms with Crippen molar-refractivity contribution in [3.8, 4) is 0 Å². The molecule has 1 amide bonds. The van der Waals surface area contributed by atoms with E-state index in [2.05, 4.69) is 35.3 Å². The van der Waals surface area contributed by atoms with Crippen LogP contribution in [0.1, 0.15) is 47.4 Å². The van der Waals surface area contributed by atoms with Gasteiger partial charge in [-0.15, -0.1) is 0 Å². The number of carbonyl (C=O) groups excluding carboxylic acids is 1. The quantitative estimate of drug-likeness (QED) is 0.690. The van der Waals surface area contributed by atoms with Gasteiger partial charge in [0.2, 0.25) is 5.91 Å². The summed E-state index contributed by atoms with van der Waals surface area (Å²) in [5, 5.41) is 3.42. The van der Waals surface area contributed by atoms with Gasteiger partial charge in [0.05, 0.1) is 12.5 Å². The summed E-state index contributed by atoms with van der Waals surface area (Å²) in [7, 11) is 3.48. The maximum absolute atomic E-state index is 13.9. The van der Waals surface area contributed by atoms with Crippen LogP contribution >= 0.6 is 0 Å². The van der Waals surface area contributed by atoms with Gasteiger partial charge in [-0.25, -0.2) is 0 Å². The molecule has 0 bridgehead atoms. The van der Waals surface area contributed by atoms with Crippen LogP contribution in [0.4, 0.5) is 0 Å². The predicted octanol–water partition coefficient (Wildman–Crippen LogP) is 2.77. The maximum Gasteiger partial charge on any atom is 0.250 e. The number of aryl methyl sites for hydroxylation is 2. The fourth-order valence-electron chi connectivity index (χ4n) is 4.75. The number of methoxy groups -OCH3 is 1. The van der Waals surface area contributed by atoms with Crippen molar-refractivity contribution in [2.24, 2.45) is 13.0 Å². The first kappa shape index (κ1) is 22.7. The van der Waals surface area contributed by atoms with Crippen molar-refractivity contribution < 1.29 is 9.53 Å². The topological polar surface area (TPSA) is 63.6 Å². The van der Waals surface area contributed by atoms with Crippen LogP contribution in [0.25, 0.3) is 0 Å². The van der Waals surface area contributed by atoms with Crippen molar-refractivity contribution in [3.63, 3.8) is 0 Å².